The monoisotopic (exact) mass is 390 g/mol. The zero-order valence-corrected chi connectivity index (χ0v) is 16.1. The number of carbonyl (C=O) groups excluding carboxylic acids is 2. The van der Waals surface area contributed by atoms with Gasteiger partial charge in [0.2, 0.25) is 0 Å². The molecule has 2 N–H and O–H groups in total. The van der Waals surface area contributed by atoms with Gasteiger partial charge in [0.05, 0.1) is 18.6 Å². The maximum Gasteiger partial charge on any atom is 0.310 e. The van der Waals surface area contributed by atoms with E-state index in [0.717, 1.165) is 11.1 Å². The number of esters is 1. The van der Waals surface area contributed by atoms with E-state index >= 15 is 0 Å². The first-order valence-corrected chi connectivity index (χ1v) is 9.29. The van der Waals surface area contributed by atoms with E-state index in [-0.39, 0.29) is 18.3 Å². The van der Waals surface area contributed by atoms with Gasteiger partial charge in [-0.15, -0.1) is 0 Å². The summed E-state index contributed by atoms with van der Waals surface area (Å²) in [5, 5.41) is 6.05. The van der Waals surface area contributed by atoms with E-state index in [1.807, 2.05) is 12.1 Å². The Morgan fingerprint density at radius 3 is 2.45 bits per heavy atom. The minimum absolute atomic E-state index is 0.202. The van der Waals surface area contributed by atoms with Gasteiger partial charge in [0.1, 0.15) is 5.82 Å². The van der Waals surface area contributed by atoms with Crippen molar-refractivity contribution in [1.82, 2.24) is 9.97 Å². The van der Waals surface area contributed by atoms with E-state index in [2.05, 4.69) is 20.6 Å². The summed E-state index contributed by atoms with van der Waals surface area (Å²) in [6.45, 7) is 2.66. The normalized spacial score (nSPS) is 10.2. The maximum absolute atomic E-state index is 12.7. The molecule has 0 fully saturated rings. The number of nitrogens with zero attached hydrogens (tertiary/aromatic N) is 2. The van der Waals surface area contributed by atoms with Gasteiger partial charge in [0.25, 0.3) is 5.91 Å². The lowest BCUT2D eigenvalue weighted by molar-refractivity contribution is -0.142. The summed E-state index contributed by atoms with van der Waals surface area (Å²) < 4.78 is 4.94. The molecule has 0 radical (unpaired) electrons. The molecule has 0 aliphatic heterocycles. The van der Waals surface area contributed by atoms with Crippen LogP contribution >= 0.6 is 0 Å². The van der Waals surface area contributed by atoms with Gasteiger partial charge in [-0.2, -0.15) is 0 Å². The van der Waals surface area contributed by atoms with E-state index in [1.54, 1.807) is 61.9 Å². The third-order valence-electron chi connectivity index (χ3n) is 4.13. The lowest BCUT2D eigenvalue weighted by Crippen LogP contribution is -2.16. The molecule has 0 saturated carbocycles. The Morgan fingerprint density at radius 1 is 0.966 bits per heavy atom. The Kier molecular flexibility index (Phi) is 6.89. The molecule has 3 rings (SSSR count). The predicted octanol–water partition coefficient (Wildman–Crippen LogP) is 3.45. The molecule has 1 aromatic carbocycles. The van der Waals surface area contributed by atoms with Gasteiger partial charge in [-0.05, 0) is 54.4 Å². The highest BCUT2D eigenvalue weighted by Gasteiger charge is 2.13. The third kappa shape index (κ3) is 5.87. The van der Waals surface area contributed by atoms with Crippen LogP contribution in [0.25, 0.3) is 0 Å². The van der Waals surface area contributed by atoms with Crippen molar-refractivity contribution in [3.8, 4) is 0 Å². The molecule has 0 aliphatic rings. The minimum Gasteiger partial charge on any atom is -0.466 e. The van der Waals surface area contributed by atoms with E-state index in [1.165, 1.54) is 0 Å². The zero-order valence-electron chi connectivity index (χ0n) is 16.1. The second kappa shape index (κ2) is 9.98. The molecule has 0 bridgehead atoms. The lowest BCUT2D eigenvalue weighted by atomic mass is 10.1. The van der Waals surface area contributed by atoms with Crippen molar-refractivity contribution >= 4 is 23.4 Å². The van der Waals surface area contributed by atoms with E-state index in [9.17, 15) is 9.59 Å². The first-order valence-electron chi connectivity index (χ1n) is 9.29. The summed E-state index contributed by atoms with van der Waals surface area (Å²) in [6.07, 6.45) is 5.27. The van der Waals surface area contributed by atoms with Crippen LogP contribution in [0.2, 0.25) is 0 Å². The van der Waals surface area contributed by atoms with Crippen LogP contribution < -0.4 is 10.6 Å². The summed E-state index contributed by atoms with van der Waals surface area (Å²) in [5.41, 5.74) is 2.93. The molecule has 0 spiro atoms. The van der Waals surface area contributed by atoms with Crippen molar-refractivity contribution < 1.29 is 14.3 Å². The standard InChI is InChI=1S/C22H22N4O3/c1-2-29-20(27)14-16-5-7-18(8-6-16)26-22(28)19-4-3-11-24-21(19)25-15-17-9-12-23-13-10-17/h3-13H,2,14-15H2,1H3,(H,24,25)(H,26,28). The van der Waals surface area contributed by atoms with E-state index in [4.69, 9.17) is 4.74 Å². The Hall–Kier alpha value is -3.74. The number of anilines is 2. The number of rotatable bonds is 8. The number of amides is 1. The van der Waals surface area contributed by atoms with Gasteiger partial charge in [-0.3, -0.25) is 14.6 Å². The molecule has 29 heavy (non-hydrogen) atoms. The van der Waals surface area contributed by atoms with Crippen LogP contribution in [0.3, 0.4) is 0 Å². The van der Waals surface area contributed by atoms with Gasteiger partial charge < -0.3 is 15.4 Å². The molecular formula is C22H22N4O3. The van der Waals surface area contributed by atoms with Crippen LogP contribution in [0.4, 0.5) is 11.5 Å². The van der Waals surface area contributed by atoms with Crippen molar-refractivity contribution in [2.24, 2.45) is 0 Å². The molecule has 0 saturated heterocycles. The van der Waals surface area contributed by atoms with Crippen LogP contribution in [-0.2, 0) is 22.5 Å². The summed E-state index contributed by atoms with van der Waals surface area (Å²) in [6, 6.07) is 14.3. The van der Waals surface area contributed by atoms with Crippen LogP contribution in [-0.4, -0.2) is 28.5 Å². The average molecular weight is 390 g/mol. The molecule has 7 heteroatoms. The SMILES string of the molecule is CCOC(=O)Cc1ccc(NC(=O)c2cccnc2NCc2ccncc2)cc1. The molecule has 148 valence electrons. The van der Waals surface area contributed by atoms with Gasteiger partial charge in [0, 0.05) is 30.8 Å². The molecule has 3 aromatic rings. The van der Waals surface area contributed by atoms with Crippen LogP contribution in [0.1, 0.15) is 28.4 Å². The highest BCUT2D eigenvalue weighted by atomic mass is 16.5. The van der Waals surface area contributed by atoms with Gasteiger partial charge >= 0.3 is 5.97 Å². The maximum atomic E-state index is 12.7. The largest absolute Gasteiger partial charge is 0.466 e. The van der Waals surface area contributed by atoms with Gasteiger partial charge in [0.15, 0.2) is 0 Å². The number of pyridine rings is 2. The Morgan fingerprint density at radius 2 is 1.72 bits per heavy atom. The molecule has 2 aromatic heterocycles. The summed E-state index contributed by atoms with van der Waals surface area (Å²) >= 11 is 0. The predicted molar refractivity (Wildman–Crippen MR) is 111 cm³/mol. The highest BCUT2D eigenvalue weighted by Crippen LogP contribution is 2.17. The van der Waals surface area contributed by atoms with Crippen LogP contribution in [0, 0.1) is 0 Å². The molecular weight excluding hydrogens is 368 g/mol. The molecule has 0 unspecified atom stereocenters. The topological polar surface area (TPSA) is 93.2 Å². The minimum atomic E-state index is -0.274. The Labute approximate surface area is 169 Å². The van der Waals surface area contributed by atoms with Gasteiger partial charge in [-0.1, -0.05) is 12.1 Å². The lowest BCUT2D eigenvalue weighted by Gasteiger charge is -2.11. The molecule has 7 nitrogen and oxygen atoms in total. The van der Waals surface area contributed by atoms with E-state index in [0.29, 0.717) is 30.2 Å². The molecule has 2 heterocycles. The number of hydrogen-bond donors (Lipinski definition) is 2. The van der Waals surface area contributed by atoms with Crippen LogP contribution in [0.15, 0.2) is 67.1 Å². The van der Waals surface area contributed by atoms with Crippen molar-refractivity contribution in [2.45, 2.75) is 19.9 Å². The number of benzene rings is 1. The number of carbonyl (C=O) groups is 2. The van der Waals surface area contributed by atoms with Crippen molar-refractivity contribution in [1.29, 1.82) is 0 Å². The summed E-state index contributed by atoms with van der Waals surface area (Å²) in [4.78, 5) is 32.5. The fourth-order valence-corrected chi connectivity index (χ4v) is 2.70. The van der Waals surface area contributed by atoms with Crippen LogP contribution in [0.5, 0.6) is 0 Å². The number of aromatic nitrogens is 2. The fourth-order valence-electron chi connectivity index (χ4n) is 2.70. The average Bonchev–Trinajstić information content (AvgIpc) is 2.75. The smallest absolute Gasteiger partial charge is 0.310 e. The molecule has 1 amide bonds. The highest BCUT2D eigenvalue weighted by molar-refractivity contribution is 6.07. The first-order chi connectivity index (χ1) is 14.2. The zero-order chi connectivity index (χ0) is 20.5. The quantitative estimate of drug-likeness (QED) is 0.572. The Bertz CT molecular complexity index is 959. The van der Waals surface area contributed by atoms with Gasteiger partial charge in [-0.25, -0.2) is 4.98 Å². The Balaban J connectivity index is 1.64. The summed E-state index contributed by atoms with van der Waals surface area (Å²) in [5.74, 6) is -0.0428. The fraction of sp³-hybridized carbons (Fsp3) is 0.182. The van der Waals surface area contributed by atoms with Crippen molar-refractivity contribution in [3.63, 3.8) is 0 Å². The number of nitrogens with one attached hydrogen (secondary N) is 2. The first kappa shape index (κ1) is 20.0. The van der Waals surface area contributed by atoms with Crippen molar-refractivity contribution in [2.75, 3.05) is 17.2 Å². The van der Waals surface area contributed by atoms with Crippen molar-refractivity contribution in [3.05, 3.63) is 83.8 Å². The second-order valence-electron chi connectivity index (χ2n) is 6.24. The third-order valence-corrected chi connectivity index (χ3v) is 4.13. The summed E-state index contributed by atoms with van der Waals surface area (Å²) in [7, 11) is 0. The number of ether oxygens (including phenoxy) is 1. The second-order valence-corrected chi connectivity index (χ2v) is 6.24. The number of hydrogen-bond acceptors (Lipinski definition) is 6. The molecule has 0 atom stereocenters. The molecule has 0 aliphatic carbocycles. The van der Waals surface area contributed by atoms with E-state index < -0.39 is 0 Å².